The van der Waals surface area contributed by atoms with Crippen molar-refractivity contribution in [1.82, 2.24) is 15.0 Å². The first-order chi connectivity index (χ1) is 14.6. The zero-order chi connectivity index (χ0) is 20.7. The Morgan fingerprint density at radius 3 is 2.63 bits per heavy atom. The predicted octanol–water partition coefficient (Wildman–Crippen LogP) is 3.65. The quantitative estimate of drug-likeness (QED) is 0.564. The van der Waals surface area contributed by atoms with Gasteiger partial charge < -0.3 is 14.4 Å². The highest BCUT2D eigenvalue weighted by molar-refractivity contribution is 5.88. The van der Waals surface area contributed by atoms with Gasteiger partial charge in [-0.15, -0.1) is 0 Å². The molecule has 1 aliphatic rings. The van der Waals surface area contributed by atoms with E-state index in [9.17, 15) is 4.79 Å². The van der Waals surface area contributed by atoms with Gasteiger partial charge in [-0.05, 0) is 55.7 Å². The molecule has 154 valence electrons. The van der Waals surface area contributed by atoms with Gasteiger partial charge in [0.1, 0.15) is 0 Å². The first kappa shape index (κ1) is 18.9. The van der Waals surface area contributed by atoms with Crippen molar-refractivity contribution in [3.8, 4) is 0 Å². The van der Waals surface area contributed by atoms with Gasteiger partial charge in [-0.2, -0.15) is 0 Å². The van der Waals surface area contributed by atoms with E-state index in [2.05, 4.69) is 38.1 Å². The summed E-state index contributed by atoms with van der Waals surface area (Å²) in [5.74, 6) is 0.958. The molecule has 0 saturated carbocycles. The van der Waals surface area contributed by atoms with Gasteiger partial charge in [0.15, 0.2) is 11.4 Å². The van der Waals surface area contributed by atoms with E-state index in [0.717, 1.165) is 78.0 Å². The standard InChI is InChI=1S/C24H26N4O2/c1-16-17(2)24(29)25-21-8-7-18(15-20(16)21)9-10-27-11-13-28(14-12-27)23-19-5-3-4-6-22(19)30-26-23/h3-8,15H,9-14H2,1-2H3,(H,25,29). The monoisotopic (exact) mass is 402 g/mol. The summed E-state index contributed by atoms with van der Waals surface area (Å²) < 4.78 is 5.47. The maximum absolute atomic E-state index is 12.0. The Morgan fingerprint density at radius 1 is 1.00 bits per heavy atom. The van der Waals surface area contributed by atoms with Gasteiger partial charge in [0.05, 0.1) is 5.39 Å². The minimum absolute atomic E-state index is 0.00510. The number of rotatable bonds is 4. The maximum Gasteiger partial charge on any atom is 0.251 e. The molecule has 0 unspecified atom stereocenters. The molecule has 3 heterocycles. The summed E-state index contributed by atoms with van der Waals surface area (Å²) in [5.41, 5.74) is 4.95. The van der Waals surface area contributed by atoms with Crippen LogP contribution in [0.3, 0.4) is 0 Å². The molecular formula is C24H26N4O2. The molecular weight excluding hydrogens is 376 g/mol. The summed E-state index contributed by atoms with van der Waals surface area (Å²) in [6.45, 7) is 8.88. The minimum Gasteiger partial charge on any atom is -0.354 e. The highest BCUT2D eigenvalue weighted by Gasteiger charge is 2.21. The van der Waals surface area contributed by atoms with Crippen LogP contribution in [0.25, 0.3) is 21.9 Å². The zero-order valence-corrected chi connectivity index (χ0v) is 17.4. The topological polar surface area (TPSA) is 65.4 Å². The summed E-state index contributed by atoms with van der Waals surface area (Å²) in [6.07, 6.45) is 1.00. The molecule has 0 radical (unpaired) electrons. The number of aromatic nitrogens is 2. The van der Waals surface area contributed by atoms with Crippen LogP contribution in [0.15, 0.2) is 51.8 Å². The third kappa shape index (κ3) is 3.37. The molecule has 0 amide bonds. The van der Waals surface area contributed by atoms with Crippen molar-refractivity contribution in [1.29, 1.82) is 0 Å². The molecule has 1 N–H and O–H groups in total. The molecule has 0 atom stereocenters. The van der Waals surface area contributed by atoms with Gasteiger partial charge in [-0.25, -0.2) is 0 Å². The molecule has 5 rings (SSSR count). The number of nitrogens with zero attached hydrogens (tertiary/aromatic N) is 3. The van der Waals surface area contributed by atoms with Crippen molar-refractivity contribution < 1.29 is 4.52 Å². The number of piperazine rings is 1. The number of hydrogen-bond donors (Lipinski definition) is 1. The van der Waals surface area contributed by atoms with E-state index >= 15 is 0 Å². The van der Waals surface area contributed by atoms with Gasteiger partial charge in [0.2, 0.25) is 0 Å². The van der Waals surface area contributed by atoms with Gasteiger partial charge in [-0.3, -0.25) is 9.69 Å². The fraction of sp³-hybridized carbons (Fsp3) is 0.333. The molecule has 2 aromatic heterocycles. The van der Waals surface area contributed by atoms with Crippen LogP contribution < -0.4 is 10.5 Å². The lowest BCUT2D eigenvalue weighted by Gasteiger charge is -2.34. The van der Waals surface area contributed by atoms with Crippen molar-refractivity contribution in [2.24, 2.45) is 0 Å². The molecule has 30 heavy (non-hydrogen) atoms. The van der Waals surface area contributed by atoms with Crippen LogP contribution in [-0.2, 0) is 6.42 Å². The Labute approximate surface area is 175 Å². The number of H-pyrrole nitrogens is 1. The Morgan fingerprint density at radius 2 is 1.80 bits per heavy atom. The highest BCUT2D eigenvalue weighted by atomic mass is 16.5. The molecule has 4 aromatic rings. The van der Waals surface area contributed by atoms with E-state index in [-0.39, 0.29) is 5.56 Å². The summed E-state index contributed by atoms with van der Waals surface area (Å²) in [4.78, 5) is 19.8. The maximum atomic E-state index is 12.0. The zero-order valence-electron chi connectivity index (χ0n) is 17.4. The molecule has 6 nitrogen and oxygen atoms in total. The van der Waals surface area contributed by atoms with Crippen LogP contribution in [0.5, 0.6) is 0 Å². The lowest BCUT2D eigenvalue weighted by atomic mass is 10.0. The van der Waals surface area contributed by atoms with Crippen LogP contribution >= 0.6 is 0 Å². The largest absolute Gasteiger partial charge is 0.354 e. The van der Waals surface area contributed by atoms with Crippen molar-refractivity contribution in [3.63, 3.8) is 0 Å². The molecule has 0 spiro atoms. The minimum atomic E-state index is 0.00510. The predicted molar refractivity (Wildman–Crippen MR) is 120 cm³/mol. The second-order valence-corrected chi connectivity index (χ2v) is 8.17. The number of hydrogen-bond acceptors (Lipinski definition) is 5. The number of fused-ring (bicyclic) bond motifs is 2. The first-order valence-corrected chi connectivity index (χ1v) is 10.5. The molecule has 1 saturated heterocycles. The fourth-order valence-electron chi connectivity index (χ4n) is 4.33. The molecule has 1 aliphatic heterocycles. The average molecular weight is 402 g/mol. The van der Waals surface area contributed by atoms with Gasteiger partial charge >= 0.3 is 0 Å². The number of aryl methyl sites for hydroxylation is 1. The van der Waals surface area contributed by atoms with E-state index in [1.807, 2.05) is 38.1 Å². The van der Waals surface area contributed by atoms with Crippen molar-refractivity contribution >= 4 is 27.7 Å². The number of aromatic amines is 1. The highest BCUT2D eigenvalue weighted by Crippen LogP contribution is 2.26. The Kier molecular flexibility index (Phi) is 4.79. The normalized spacial score (nSPS) is 15.3. The van der Waals surface area contributed by atoms with Gasteiger partial charge in [-0.1, -0.05) is 23.4 Å². The Balaban J connectivity index is 1.23. The summed E-state index contributed by atoms with van der Waals surface area (Å²) in [7, 11) is 0. The second kappa shape index (κ2) is 7.61. The third-order valence-electron chi connectivity index (χ3n) is 6.39. The van der Waals surface area contributed by atoms with E-state index in [1.165, 1.54) is 5.56 Å². The van der Waals surface area contributed by atoms with Gasteiger partial charge in [0, 0.05) is 49.2 Å². The van der Waals surface area contributed by atoms with E-state index < -0.39 is 0 Å². The first-order valence-electron chi connectivity index (χ1n) is 10.5. The number of nitrogens with one attached hydrogen (secondary N) is 1. The van der Waals surface area contributed by atoms with E-state index in [4.69, 9.17) is 4.52 Å². The molecule has 0 bridgehead atoms. The number of anilines is 1. The van der Waals surface area contributed by atoms with Crippen LogP contribution in [-0.4, -0.2) is 47.8 Å². The van der Waals surface area contributed by atoms with E-state index in [1.54, 1.807) is 0 Å². The van der Waals surface area contributed by atoms with Crippen LogP contribution in [0, 0.1) is 13.8 Å². The summed E-state index contributed by atoms with van der Waals surface area (Å²) in [5, 5.41) is 6.53. The van der Waals surface area contributed by atoms with Gasteiger partial charge in [0.25, 0.3) is 5.56 Å². The molecule has 1 fully saturated rings. The summed E-state index contributed by atoms with van der Waals surface area (Å²) >= 11 is 0. The smallest absolute Gasteiger partial charge is 0.251 e. The molecule has 6 heteroatoms. The van der Waals surface area contributed by atoms with Crippen LogP contribution in [0.4, 0.5) is 5.82 Å². The third-order valence-corrected chi connectivity index (χ3v) is 6.39. The lowest BCUT2D eigenvalue weighted by molar-refractivity contribution is 0.259. The lowest BCUT2D eigenvalue weighted by Crippen LogP contribution is -2.47. The average Bonchev–Trinajstić information content (AvgIpc) is 3.21. The Hall–Kier alpha value is -3.12. The van der Waals surface area contributed by atoms with Crippen molar-refractivity contribution in [2.75, 3.05) is 37.6 Å². The number of pyridine rings is 1. The second-order valence-electron chi connectivity index (χ2n) is 8.17. The Bertz CT molecular complexity index is 1270. The van der Waals surface area contributed by atoms with Crippen LogP contribution in [0.2, 0.25) is 0 Å². The van der Waals surface area contributed by atoms with Crippen molar-refractivity contribution in [2.45, 2.75) is 20.3 Å². The fourth-order valence-corrected chi connectivity index (χ4v) is 4.33. The molecule has 2 aromatic carbocycles. The number of para-hydroxylation sites is 1. The van der Waals surface area contributed by atoms with Crippen molar-refractivity contribution in [3.05, 3.63) is 69.5 Å². The molecule has 0 aliphatic carbocycles. The summed E-state index contributed by atoms with van der Waals surface area (Å²) in [6, 6.07) is 14.4. The number of benzene rings is 2. The van der Waals surface area contributed by atoms with Crippen LogP contribution in [0.1, 0.15) is 16.7 Å². The SMILES string of the molecule is Cc1c(C)c2cc(CCN3CCN(c4noc5ccccc45)CC3)ccc2[nH]c1=O. The van der Waals surface area contributed by atoms with E-state index in [0.29, 0.717) is 0 Å².